The summed E-state index contributed by atoms with van der Waals surface area (Å²) < 4.78 is 0. The number of piperidine rings is 1. The molecule has 1 aliphatic carbocycles. The van der Waals surface area contributed by atoms with Crippen LogP contribution in [-0.2, 0) is 0 Å². The summed E-state index contributed by atoms with van der Waals surface area (Å²) in [5.74, 6) is 0. The Morgan fingerprint density at radius 3 is 2.90 bits per heavy atom. The van der Waals surface area contributed by atoms with Crippen LogP contribution in [0.2, 0.25) is 0 Å². The maximum Gasteiger partial charge on any atom is 0.0279 e. The van der Waals surface area contributed by atoms with Gasteiger partial charge in [-0.15, -0.1) is 0 Å². The highest BCUT2D eigenvalue weighted by atomic mass is 15.3. The Morgan fingerprint density at radius 2 is 2.60 bits per heavy atom. The highest BCUT2D eigenvalue weighted by Crippen LogP contribution is 2.60. The molecule has 3 rings (SSSR count). The van der Waals surface area contributed by atoms with Crippen molar-refractivity contribution in [3.63, 3.8) is 0 Å². The van der Waals surface area contributed by atoms with Gasteiger partial charge in [0.2, 0.25) is 0 Å². The quantitative estimate of drug-likeness (QED) is 0.551. The van der Waals surface area contributed by atoms with Gasteiger partial charge in [0.25, 0.3) is 0 Å². The molecule has 56 valence electrons. The van der Waals surface area contributed by atoms with Crippen molar-refractivity contribution < 1.29 is 0 Å². The van der Waals surface area contributed by atoms with Gasteiger partial charge in [0.15, 0.2) is 0 Å². The SMILES string of the molecule is CCN1CC2NCC23CC13. The van der Waals surface area contributed by atoms with Crippen LogP contribution in [-0.4, -0.2) is 36.6 Å². The molecule has 0 aromatic heterocycles. The third kappa shape index (κ3) is 0.397. The second-order valence-electron chi connectivity index (χ2n) is 3.97. The third-order valence-electron chi connectivity index (χ3n) is 3.71. The summed E-state index contributed by atoms with van der Waals surface area (Å²) in [6.45, 7) is 6.15. The summed E-state index contributed by atoms with van der Waals surface area (Å²) in [7, 11) is 0. The van der Waals surface area contributed by atoms with Gasteiger partial charge in [-0.05, 0) is 13.0 Å². The minimum Gasteiger partial charge on any atom is -0.311 e. The molecule has 0 aromatic rings. The van der Waals surface area contributed by atoms with Crippen molar-refractivity contribution in [2.45, 2.75) is 25.4 Å². The zero-order chi connectivity index (χ0) is 6.77. The van der Waals surface area contributed by atoms with Gasteiger partial charge < -0.3 is 5.32 Å². The van der Waals surface area contributed by atoms with Crippen molar-refractivity contribution in [2.75, 3.05) is 19.6 Å². The Morgan fingerprint density at radius 1 is 1.70 bits per heavy atom. The molecule has 2 heterocycles. The molecule has 2 aliphatic heterocycles. The van der Waals surface area contributed by atoms with Gasteiger partial charge in [0, 0.05) is 30.6 Å². The first kappa shape index (κ1) is 5.56. The lowest BCUT2D eigenvalue weighted by atomic mass is 9.90. The lowest BCUT2D eigenvalue weighted by Crippen LogP contribution is -2.55. The van der Waals surface area contributed by atoms with Crippen LogP contribution in [0.3, 0.4) is 0 Å². The fourth-order valence-corrected chi connectivity index (χ4v) is 2.82. The first-order chi connectivity index (χ1) is 4.87. The summed E-state index contributed by atoms with van der Waals surface area (Å²) in [5, 5.41) is 3.51. The standard InChI is InChI=1S/C8H14N2/c1-2-10-4-6-8(5-9-6)3-7(8)10/h6-7,9H,2-5H2,1H3. The Balaban J connectivity index is 1.86. The fraction of sp³-hybridized carbons (Fsp3) is 1.00. The molecule has 2 nitrogen and oxygen atoms in total. The van der Waals surface area contributed by atoms with Crippen LogP contribution in [0.4, 0.5) is 0 Å². The molecule has 0 bridgehead atoms. The summed E-state index contributed by atoms with van der Waals surface area (Å²) in [5.41, 5.74) is 0.788. The van der Waals surface area contributed by atoms with E-state index in [1.165, 1.54) is 26.1 Å². The number of nitrogens with one attached hydrogen (secondary N) is 1. The summed E-state index contributed by atoms with van der Waals surface area (Å²) in [6, 6.07) is 1.85. The van der Waals surface area contributed by atoms with Gasteiger partial charge in [0.1, 0.15) is 0 Å². The molecule has 1 saturated carbocycles. The zero-order valence-corrected chi connectivity index (χ0v) is 6.43. The van der Waals surface area contributed by atoms with E-state index < -0.39 is 0 Å². The Labute approximate surface area is 61.6 Å². The lowest BCUT2D eigenvalue weighted by molar-refractivity contribution is 0.230. The molecule has 0 amide bonds. The first-order valence-corrected chi connectivity index (χ1v) is 4.34. The van der Waals surface area contributed by atoms with E-state index in [4.69, 9.17) is 0 Å². The molecule has 0 radical (unpaired) electrons. The summed E-state index contributed by atoms with van der Waals surface area (Å²) >= 11 is 0. The monoisotopic (exact) mass is 138 g/mol. The normalized spacial score (nSPS) is 57.3. The molecule has 1 N–H and O–H groups in total. The topological polar surface area (TPSA) is 15.3 Å². The highest BCUT2D eigenvalue weighted by Gasteiger charge is 2.70. The molecule has 10 heavy (non-hydrogen) atoms. The van der Waals surface area contributed by atoms with E-state index in [0.29, 0.717) is 0 Å². The fourth-order valence-electron chi connectivity index (χ4n) is 2.82. The molecule has 3 fully saturated rings. The highest BCUT2D eigenvalue weighted by molar-refractivity contribution is 5.26. The largest absolute Gasteiger partial charge is 0.311 e. The van der Waals surface area contributed by atoms with Crippen LogP contribution >= 0.6 is 0 Å². The predicted molar refractivity (Wildman–Crippen MR) is 39.9 cm³/mol. The van der Waals surface area contributed by atoms with E-state index in [9.17, 15) is 0 Å². The van der Waals surface area contributed by atoms with Gasteiger partial charge in [-0.1, -0.05) is 6.92 Å². The van der Waals surface area contributed by atoms with Gasteiger partial charge in [-0.25, -0.2) is 0 Å². The molecule has 0 aromatic carbocycles. The molecular formula is C8H14N2. The van der Waals surface area contributed by atoms with E-state index in [1.54, 1.807) is 0 Å². The van der Waals surface area contributed by atoms with Crippen molar-refractivity contribution in [3.8, 4) is 0 Å². The molecule has 1 spiro atoms. The number of likely N-dealkylation sites (tertiary alicyclic amines) is 1. The average Bonchev–Trinajstić information content (AvgIpc) is 2.60. The Kier molecular flexibility index (Phi) is 0.783. The van der Waals surface area contributed by atoms with Crippen molar-refractivity contribution in [1.29, 1.82) is 0 Å². The molecule has 3 aliphatic rings. The third-order valence-corrected chi connectivity index (χ3v) is 3.71. The molecule has 3 unspecified atom stereocenters. The van der Waals surface area contributed by atoms with Crippen LogP contribution in [0, 0.1) is 5.41 Å². The van der Waals surface area contributed by atoms with Crippen molar-refractivity contribution in [3.05, 3.63) is 0 Å². The lowest BCUT2D eigenvalue weighted by Gasteiger charge is -2.35. The van der Waals surface area contributed by atoms with E-state index in [2.05, 4.69) is 17.1 Å². The van der Waals surface area contributed by atoms with E-state index in [1.807, 2.05) is 0 Å². The number of likely N-dealkylation sites (N-methyl/N-ethyl adjacent to an activating group) is 1. The Hall–Kier alpha value is -0.0800. The van der Waals surface area contributed by atoms with E-state index >= 15 is 0 Å². The van der Waals surface area contributed by atoms with Gasteiger partial charge in [-0.3, -0.25) is 4.90 Å². The minimum absolute atomic E-state index is 0.788. The van der Waals surface area contributed by atoms with Crippen molar-refractivity contribution in [1.82, 2.24) is 10.2 Å². The average molecular weight is 138 g/mol. The van der Waals surface area contributed by atoms with Gasteiger partial charge in [0.05, 0.1) is 0 Å². The maximum absolute atomic E-state index is 3.51. The number of hydrogen-bond acceptors (Lipinski definition) is 2. The van der Waals surface area contributed by atoms with Gasteiger partial charge in [-0.2, -0.15) is 0 Å². The second-order valence-corrected chi connectivity index (χ2v) is 3.97. The van der Waals surface area contributed by atoms with Crippen molar-refractivity contribution in [2.24, 2.45) is 5.41 Å². The van der Waals surface area contributed by atoms with E-state index in [-0.39, 0.29) is 0 Å². The van der Waals surface area contributed by atoms with Crippen LogP contribution in [0.15, 0.2) is 0 Å². The summed E-state index contributed by atoms with van der Waals surface area (Å²) in [4.78, 5) is 2.63. The number of rotatable bonds is 1. The Bertz CT molecular complexity index is 180. The molecular weight excluding hydrogens is 124 g/mol. The number of nitrogens with zero attached hydrogens (tertiary/aromatic N) is 1. The van der Waals surface area contributed by atoms with Crippen LogP contribution in [0.1, 0.15) is 13.3 Å². The predicted octanol–water partition coefficient (Wildman–Crippen LogP) is 0.0524. The molecule has 2 saturated heterocycles. The van der Waals surface area contributed by atoms with Crippen LogP contribution in [0.25, 0.3) is 0 Å². The van der Waals surface area contributed by atoms with Gasteiger partial charge >= 0.3 is 0 Å². The minimum atomic E-state index is 0.788. The zero-order valence-electron chi connectivity index (χ0n) is 6.43. The molecule has 2 heteroatoms. The van der Waals surface area contributed by atoms with Crippen molar-refractivity contribution >= 4 is 0 Å². The summed E-state index contributed by atoms with van der Waals surface area (Å²) in [6.07, 6.45) is 1.48. The van der Waals surface area contributed by atoms with Crippen LogP contribution in [0.5, 0.6) is 0 Å². The van der Waals surface area contributed by atoms with Crippen LogP contribution < -0.4 is 5.32 Å². The molecule has 3 atom stereocenters. The number of hydrogen-bond donors (Lipinski definition) is 1. The smallest absolute Gasteiger partial charge is 0.0279 e. The second kappa shape index (κ2) is 1.41. The van der Waals surface area contributed by atoms with E-state index in [0.717, 1.165) is 17.5 Å². The maximum atomic E-state index is 3.51. The first-order valence-electron chi connectivity index (χ1n) is 4.34.